The fourth-order valence-corrected chi connectivity index (χ4v) is 3.98. The lowest BCUT2D eigenvalue weighted by atomic mass is 9.98. The highest BCUT2D eigenvalue weighted by molar-refractivity contribution is 7.17. The summed E-state index contributed by atoms with van der Waals surface area (Å²) in [7, 11) is 2.06. The molecule has 0 saturated heterocycles. The van der Waals surface area contributed by atoms with Crippen molar-refractivity contribution >= 4 is 21.4 Å². The maximum Gasteiger partial charge on any atom is 0.0759 e. The lowest BCUT2D eigenvalue weighted by Gasteiger charge is -2.26. The third-order valence-corrected chi connectivity index (χ3v) is 5.23. The molecule has 0 aliphatic heterocycles. The van der Waals surface area contributed by atoms with E-state index in [4.69, 9.17) is 4.74 Å². The molecule has 2 unspecified atom stereocenters. The maximum absolute atomic E-state index is 6.02. The molecule has 20 heavy (non-hydrogen) atoms. The Morgan fingerprint density at radius 1 is 1.35 bits per heavy atom. The van der Waals surface area contributed by atoms with Crippen LogP contribution in [-0.4, -0.2) is 25.8 Å². The maximum atomic E-state index is 6.02. The quantitative estimate of drug-likeness (QED) is 0.836. The summed E-state index contributed by atoms with van der Waals surface area (Å²) in [6, 6.07) is 9.11. The lowest BCUT2D eigenvalue weighted by molar-refractivity contribution is 0.0212. The molecule has 2 atom stereocenters. The van der Waals surface area contributed by atoms with Gasteiger partial charge in [0.25, 0.3) is 0 Å². The third-order valence-electron chi connectivity index (χ3n) is 4.21. The van der Waals surface area contributed by atoms with E-state index in [0.29, 0.717) is 12.1 Å². The standard InChI is InChI=1S/C17H23NOS/c1-3-19-17(12-8-9-12)15(18-2)10-13-11-20-16-7-5-4-6-14(13)16/h4-7,11-12,15,17-18H,3,8-10H2,1-2H3. The third kappa shape index (κ3) is 2.90. The first kappa shape index (κ1) is 14.1. The Labute approximate surface area is 125 Å². The van der Waals surface area contributed by atoms with Crippen LogP contribution < -0.4 is 5.32 Å². The van der Waals surface area contributed by atoms with Gasteiger partial charge in [0.1, 0.15) is 0 Å². The number of benzene rings is 1. The van der Waals surface area contributed by atoms with Crippen LogP contribution >= 0.6 is 11.3 Å². The highest BCUT2D eigenvalue weighted by Gasteiger charge is 2.36. The summed E-state index contributed by atoms with van der Waals surface area (Å²) in [6.45, 7) is 2.91. The number of likely N-dealkylation sites (N-methyl/N-ethyl adjacent to an activating group) is 1. The predicted molar refractivity (Wildman–Crippen MR) is 86.5 cm³/mol. The zero-order valence-corrected chi connectivity index (χ0v) is 13.1. The topological polar surface area (TPSA) is 21.3 Å². The van der Waals surface area contributed by atoms with Crippen LogP contribution in [0.2, 0.25) is 0 Å². The minimum absolute atomic E-state index is 0.365. The van der Waals surface area contributed by atoms with Crippen LogP contribution in [0.3, 0.4) is 0 Å². The molecule has 2 aromatic rings. The van der Waals surface area contributed by atoms with Crippen molar-refractivity contribution in [2.24, 2.45) is 5.92 Å². The molecule has 0 bridgehead atoms. The van der Waals surface area contributed by atoms with Gasteiger partial charge in [-0.05, 0) is 61.5 Å². The van der Waals surface area contributed by atoms with Crippen molar-refractivity contribution < 1.29 is 4.74 Å². The van der Waals surface area contributed by atoms with Crippen LogP contribution in [-0.2, 0) is 11.2 Å². The Hall–Kier alpha value is -0.900. The molecule has 2 nitrogen and oxygen atoms in total. The van der Waals surface area contributed by atoms with Crippen LogP contribution in [0.4, 0.5) is 0 Å². The van der Waals surface area contributed by atoms with Gasteiger partial charge in [-0.3, -0.25) is 0 Å². The first-order chi connectivity index (χ1) is 9.83. The Kier molecular flexibility index (Phi) is 4.39. The zero-order valence-electron chi connectivity index (χ0n) is 12.3. The fourth-order valence-electron chi connectivity index (χ4n) is 3.01. The van der Waals surface area contributed by atoms with Gasteiger partial charge in [-0.15, -0.1) is 11.3 Å². The monoisotopic (exact) mass is 289 g/mol. The smallest absolute Gasteiger partial charge is 0.0759 e. The van der Waals surface area contributed by atoms with Gasteiger partial charge in [0, 0.05) is 17.3 Å². The fraction of sp³-hybridized carbons (Fsp3) is 0.529. The molecule has 3 rings (SSSR count). The van der Waals surface area contributed by atoms with E-state index in [9.17, 15) is 0 Å². The van der Waals surface area contributed by atoms with Crippen LogP contribution in [0.15, 0.2) is 29.6 Å². The van der Waals surface area contributed by atoms with E-state index in [-0.39, 0.29) is 0 Å². The number of ether oxygens (including phenoxy) is 1. The largest absolute Gasteiger partial charge is 0.377 e. The molecule has 0 amide bonds. The molecule has 3 heteroatoms. The molecule has 1 aliphatic rings. The van der Waals surface area contributed by atoms with Crippen LogP contribution in [0.25, 0.3) is 10.1 Å². The Balaban J connectivity index is 1.79. The molecule has 1 aliphatic carbocycles. The summed E-state index contributed by atoms with van der Waals surface area (Å²) >= 11 is 1.85. The molecule has 0 radical (unpaired) electrons. The summed E-state index contributed by atoms with van der Waals surface area (Å²) in [6.07, 6.45) is 4.07. The molecular weight excluding hydrogens is 266 g/mol. The van der Waals surface area contributed by atoms with E-state index >= 15 is 0 Å². The molecule has 1 fully saturated rings. The van der Waals surface area contributed by atoms with Gasteiger partial charge in [-0.25, -0.2) is 0 Å². The SMILES string of the molecule is CCOC(C1CC1)C(Cc1csc2ccccc12)NC. The molecule has 108 valence electrons. The van der Waals surface area contributed by atoms with Crippen molar-refractivity contribution in [2.75, 3.05) is 13.7 Å². The lowest BCUT2D eigenvalue weighted by Crippen LogP contribution is -2.42. The van der Waals surface area contributed by atoms with E-state index in [0.717, 1.165) is 18.9 Å². The number of thiophene rings is 1. The highest BCUT2D eigenvalue weighted by atomic mass is 32.1. The van der Waals surface area contributed by atoms with Crippen molar-refractivity contribution in [1.82, 2.24) is 5.32 Å². The van der Waals surface area contributed by atoms with Crippen molar-refractivity contribution in [2.45, 2.75) is 38.3 Å². The summed E-state index contributed by atoms with van der Waals surface area (Å²) in [4.78, 5) is 0. The van der Waals surface area contributed by atoms with Gasteiger partial charge in [0.2, 0.25) is 0 Å². The second kappa shape index (κ2) is 6.25. The van der Waals surface area contributed by atoms with Crippen LogP contribution in [0.1, 0.15) is 25.3 Å². The molecule has 1 aromatic carbocycles. The minimum atomic E-state index is 0.365. The number of rotatable bonds is 7. The van der Waals surface area contributed by atoms with Gasteiger partial charge < -0.3 is 10.1 Å². The average Bonchev–Trinajstić information content (AvgIpc) is 3.24. The van der Waals surface area contributed by atoms with Crippen molar-refractivity contribution in [3.8, 4) is 0 Å². The van der Waals surface area contributed by atoms with Crippen molar-refractivity contribution in [1.29, 1.82) is 0 Å². The number of hydrogen-bond donors (Lipinski definition) is 1. The Bertz CT molecular complexity index is 561. The van der Waals surface area contributed by atoms with E-state index in [1.54, 1.807) is 0 Å². The van der Waals surface area contributed by atoms with Crippen LogP contribution in [0.5, 0.6) is 0 Å². The Morgan fingerprint density at radius 3 is 2.85 bits per heavy atom. The van der Waals surface area contributed by atoms with Crippen molar-refractivity contribution in [3.63, 3.8) is 0 Å². The van der Waals surface area contributed by atoms with Gasteiger partial charge in [0.05, 0.1) is 6.10 Å². The van der Waals surface area contributed by atoms with Crippen LogP contribution in [0, 0.1) is 5.92 Å². The molecule has 1 saturated carbocycles. The zero-order chi connectivity index (χ0) is 13.9. The minimum Gasteiger partial charge on any atom is -0.377 e. The summed E-state index contributed by atoms with van der Waals surface area (Å²) in [5.41, 5.74) is 1.45. The molecule has 1 heterocycles. The van der Waals surface area contributed by atoms with E-state index in [2.05, 4.69) is 48.9 Å². The first-order valence-corrected chi connectivity index (χ1v) is 8.45. The van der Waals surface area contributed by atoms with E-state index in [1.807, 2.05) is 11.3 Å². The second-order valence-corrected chi connectivity index (χ2v) is 6.53. The van der Waals surface area contributed by atoms with Crippen molar-refractivity contribution in [3.05, 3.63) is 35.2 Å². The van der Waals surface area contributed by atoms with Gasteiger partial charge in [0.15, 0.2) is 0 Å². The number of hydrogen-bond acceptors (Lipinski definition) is 3. The Morgan fingerprint density at radius 2 is 2.15 bits per heavy atom. The molecule has 1 N–H and O–H groups in total. The first-order valence-electron chi connectivity index (χ1n) is 7.57. The summed E-state index contributed by atoms with van der Waals surface area (Å²) < 4.78 is 7.41. The number of nitrogens with one attached hydrogen (secondary N) is 1. The molecule has 0 spiro atoms. The van der Waals surface area contributed by atoms with Gasteiger partial charge in [-0.1, -0.05) is 18.2 Å². The average molecular weight is 289 g/mol. The second-order valence-electron chi connectivity index (χ2n) is 5.61. The summed E-state index contributed by atoms with van der Waals surface area (Å²) in [5.74, 6) is 0.761. The molecular formula is C17H23NOS. The normalized spacial score (nSPS) is 18.3. The van der Waals surface area contributed by atoms with E-state index in [1.165, 1.54) is 28.5 Å². The van der Waals surface area contributed by atoms with Gasteiger partial charge in [-0.2, -0.15) is 0 Å². The predicted octanol–water partition coefficient (Wildman–Crippen LogP) is 3.85. The van der Waals surface area contributed by atoms with Gasteiger partial charge >= 0.3 is 0 Å². The summed E-state index contributed by atoms with van der Waals surface area (Å²) in [5, 5.41) is 7.21. The highest BCUT2D eigenvalue weighted by Crippen LogP contribution is 2.37. The number of fused-ring (bicyclic) bond motifs is 1. The molecule has 1 aromatic heterocycles. The van der Waals surface area contributed by atoms with E-state index < -0.39 is 0 Å².